The fourth-order valence-corrected chi connectivity index (χ4v) is 3.36. The summed E-state index contributed by atoms with van der Waals surface area (Å²) < 4.78 is 16.7. The maximum absolute atomic E-state index is 5.72. The summed E-state index contributed by atoms with van der Waals surface area (Å²) in [6, 6.07) is 6.16. The van der Waals surface area contributed by atoms with Crippen LogP contribution in [0.1, 0.15) is 32.8 Å². The molecule has 1 aliphatic rings. The zero-order valence-electron chi connectivity index (χ0n) is 17.7. The number of halogens is 1. The van der Waals surface area contributed by atoms with Gasteiger partial charge in [-0.2, -0.15) is 0 Å². The van der Waals surface area contributed by atoms with Gasteiger partial charge < -0.3 is 24.4 Å². The number of rotatable bonds is 10. The van der Waals surface area contributed by atoms with E-state index in [4.69, 9.17) is 19.2 Å². The van der Waals surface area contributed by atoms with Gasteiger partial charge in [0.1, 0.15) is 0 Å². The Labute approximate surface area is 187 Å². The van der Waals surface area contributed by atoms with Gasteiger partial charge in [-0.25, -0.2) is 0 Å². The highest BCUT2D eigenvalue weighted by Gasteiger charge is 2.24. The first-order valence-electron chi connectivity index (χ1n) is 10.1. The highest BCUT2D eigenvalue weighted by atomic mass is 127. The third kappa shape index (κ3) is 7.66. The molecule has 1 atom stereocenters. The molecular formula is C21H36IN3O3. The van der Waals surface area contributed by atoms with Crippen LogP contribution in [-0.4, -0.2) is 64.0 Å². The van der Waals surface area contributed by atoms with E-state index in [1.54, 1.807) is 7.11 Å². The lowest BCUT2D eigenvalue weighted by atomic mass is 10.1. The Kier molecular flexibility index (Phi) is 12.3. The van der Waals surface area contributed by atoms with Gasteiger partial charge in [0.2, 0.25) is 0 Å². The van der Waals surface area contributed by atoms with Gasteiger partial charge in [0, 0.05) is 39.2 Å². The average Bonchev–Trinajstić information content (AvgIpc) is 3.12. The van der Waals surface area contributed by atoms with Crippen LogP contribution >= 0.6 is 24.0 Å². The average molecular weight is 505 g/mol. The van der Waals surface area contributed by atoms with E-state index in [-0.39, 0.29) is 24.0 Å². The predicted molar refractivity (Wildman–Crippen MR) is 125 cm³/mol. The van der Waals surface area contributed by atoms with Crippen molar-refractivity contribution in [1.82, 2.24) is 10.2 Å². The number of nitrogens with zero attached hydrogens (tertiary/aromatic N) is 2. The van der Waals surface area contributed by atoms with E-state index >= 15 is 0 Å². The van der Waals surface area contributed by atoms with E-state index in [0.29, 0.717) is 19.1 Å². The third-order valence-electron chi connectivity index (χ3n) is 4.59. The van der Waals surface area contributed by atoms with Crippen LogP contribution in [0.5, 0.6) is 11.5 Å². The Hall–Kier alpha value is -1.22. The minimum Gasteiger partial charge on any atom is -0.490 e. The van der Waals surface area contributed by atoms with Gasteiger partial charge in [0.05, 0.1) is 19.8 Å². The van der Waals surface area contributed by atoms with Crippen LogP contribution in [0, 0.1) is 5.92 Å². The molecule has 1 aromatic carbocycles. The number of likely N-dealkylation sites (tertiary alicyclic amines) is 1. The van der Waals surface area contributed by atoms with Gasteiger partial charge in [-0.3, -0.25) is 4.99 Å². The molecular weight excluding hydrogens is 469 g/mol. The molecule has 1 aromatic rings. The normalized spacial score (nSPS) is 16.6. The number of ether oxygens (including phenoxy) is 3. The largest absolute Gasteiger partial charge is 0.490 e. The summed E-state index contributed by atoms with van der Waals surface area (Å²) in [5.74, 6) is 3.22. The number of hydrogen-bond acceptors (Lipinski definition) is 4. The predicted octanol–water partition coefficient (Wildman–Crippen LogP) is 3.58. The lowest BCUT2D eigenvalue weighted by Crippen LogP contribution is -2.40. The maximum Gasteiger partial charge on any atom is 0.193 e. The zero-order valence-corrected chi connectivity index (χ0v) is 20.0. The van der Waals surface area contributed by atoms with Crippen LogP contribution in [0.3, 0.4) is 0 Å². The molecule has 1 unspecified atom stereocenters. The SMILES string of the molecule is CCNC(=NCCc1ccc(OCC)c(OCC)c1)N1CCC(COC)C1.I. The molecule has 1 N–H and O–H groups in total. The summed E-state index contributed by atoms with van der Waals surface area (Å²) in [7, 11) is 1.77. The third-order valence-corrected chi connectivity index (χ3v) is 4.59. The molecule has 28 heavy (non-hydrogen) atoms. The Balaban J connectivity index is 0.00000392. The van der Waals surface area contributed by atoms with E-state index in [1.807, 2.05) is 19.9 Å². The summed E-state index contributed by atoms with van der Waals surface area (Å²) in [6.45, 7) is 11.8. The molecule has 1 heterocycles. The number of nitrogens with one attached hydrogen (secondary N) is 1. The van der Waals surface area contributed by atoms with Gasteiger partial charge in [-0.1, -0.05) is 6.07 Å². The quantitative estimate of drug-likeness (QED) is 0.300. The minimum atomic E-state index is 0. The van der Waals surface area contributed by atoms with Crippen molar-refractivity contribution in [3.05, 3.63) is 23.8 Å². The van der Waals surface area contributed by atoms with Crippen LogP contribution in [0.15, 0.2) is 23.2 Å². The molecule has 160 valence electrons. The van der Waals surface area contributed by atoms with Crippen molar-refractivity contribution in [3.8, 4) is 11.5 Å². The van der Waals surface area contributed by atoms with Gasteiger partial charge in [0.25, 0.3) is 0 Å². The van der Waals surface area contributed by atoms with Crippen molar-refractivity contribution in [3.63, 3.8) is 0 Å². The molecule has 1 aliphatic heterocycles. The van der Waals surface area contributed by atoms with Crippen molar-refractivity contribution < 1.29 is 14.2 Å². The lowest BCUT2D eigenvalue weighted by Gasteiger charge is -2.21. The Morgan fingerprint density at radius 3 is 2.61 bits per heavy atom. The highest BCUT2D eigenvalue weighted by molar-refractivity contribution is 14.0. The molecule has 0 amide bonds. The molecule has 7 heteroatoms. The molecule has 6 nitrogen and oxygen atoms in total. The van der Waals surface area contributed by atoms with Gasteiger partial charge in [-0.15, -0.1) is 24.0 Å². The Morgan fingerprint density at radius 2 is 1.93 bits per heavy atom. The smallest absolute Gasteiger partial charge is 0.193 e. The summed E-state index contributed by atoms with van der Waals surface area (Å²) in [5, 5.41) is 3.42. The van der Waals surface area contributed by atoms with Crippen LogP contribution < -0.4 is 14.8 Å². The maximum atomic E-state index is 5.72. The van der Waals surface area contributed by atoms with Crippen molar-refractivity contribution in [2.24, 2.45) is 10.9 Å². The minimum absolute atomic E-state index is 0. The number of benzene rings is 1. The van der Waals surface area contributed by atoms with Crippen molar-refractivity contribution in [2.75, 3.05) is 53.1 Å². The molecule has 0 aliphatic carbocycles. The van der Waals surface area contributed by atoms with Crippen LogP contribution in [0.4, 0.5) is 0 Å². The van der Waals surface area contributed by atoms with Crippen LogP contribution in [0.25, 0.3) is 0 Å². The van der Waals surface area contributed by atoms with Crippen molar-refractivity contribution >= 4 is 29.9 Å². The first-order valence-corrected chi connectivity index (χ1v) is 10.1. The topological polar surface area (TPSA) is 55.3 Å². The van der Waals surface area contributed by atoms with Gasteiger partial charge in [-0.05, 0) is 51.3 Å². The van der Waals surface area contributed by atoms with Crippen molar-refractivity contribution in [1.29, 1.82) is 0 Å². The van der Waals surface area contributed by atoms with Crippen LogP contribution in [0.2, 0.25) is 0 Å². The molecule has 0 radical (unpaired) electrons. The van der Waals surface area contributed by atoms with Crippen LogP contribution in [-0.2, 0) is 11.2 Å². The second kappa shape index (κ2) is 13.9. The first kappa shape index (κ1) is 24.8. The molecule has 0 aromatic heterocycles. The molecule has 0 saturated carbocycles. The molecule has 1 saturated heterocycles. The Bertz CT molecular complexity index is 598. The fourth-order valence-electron chi connectivity index (χ4n) is 3.36. The van der Waals surface area contributed by atoms with Gasteiger partial charge >= 0.3 is 0 Å². The number of guanidine groups is 1. The molecule has 0 bridgehead atoms. The molecule has 2 rings (SSSR count). The van der Waals surface area contributed by atoms with Crippen molar-refractivity contribution in [2.45, 2.75) is 33.6 Å². The zero-order chi connectivity index (χ0) is 19.5. The van der Waals surface area contributed by atoms with E-state index in [2.05, 4.69) is 29.3 Å². The van der Waals surface area contributed by atoms with E-state index < -0.39 is 0 Å². The Morgan fingerprint density at radius 1 is 1.18 bits per heavy atom. The molecule has 1 fully saturated rings. The second-order valence-electron chi connectivity index (χ2n) is 6.69. The lowest BCUT2D eigenvalue weighted by molar-refractivity contribution is 0.157. The van der Waals surface area contributed by atoms with E-state index in [0.717, 1.165) is 63.1 Å². The highest BCUT2D eigenvalue weighted by Crippen LogP contribution is 2.28. The summed E-state index contributed by atoms with van der Waals surface area (Å²) in [4.78, 5) is 7.18. The number of aliphatic imine (C=N–C) groups is 1. The fraction of sp³-hybridized carbons (Fsp3) is 0.667. The number of methoxy groups -OCH3 is 1. The van der Waals surface area contributed by atoms with E-state index in [9.17, 15) is 0 Å². The summed E-state index contributed by atoms with van der Waals surface area (Å²) in [5.41, 5.74) is 1.21. The second-order valence-corrected chi connectivity index (χ2v) is 6.69. The standard InChI is InChI=1S/C21H35N3O3.HI/c1-5-22-21(24-13-11-18(15-24)16-25-4)23-12-10-17-8-9-19(26-6-2)20(14-17)27-7-3;/h8-9,14,18H,5-7,10-13,15-16H2,1-4H3,(H,22,23);1H. The summed E-state index contributed by atoms with van der Waals surface area (Å²) in [6.07, 6.45) is 2.03. The number of hydrogen-bond donors (Lipinski definition) is 1. The van der Waals surface area contributed by atoms with Gasteiger partial charge in [0.15, 0.2) is 17.5 Å². The summed E-state index contributed by atoms with van der Waals surface area (Å²) >= 11 is 0. The first-order chi connectivity index (χ1) is 13.2. The molecule has 0 spiro atoms. The monoisotopic (exact) mass is 505 g/mol. The van der Waals surface area contributed by atoms with E-state index in [1.165, 1.54) is 5.56 Å².